The number of hydrogen-bond donors (Lipinski definition) is 2. The van der Waals surface area contributed by atoms with Crippen molar-refractivity contribution in [2.24, 2.45) is 0 Å². The third-order valence-electron chi connectivity index (χ3n) is 6.00. The number of ether oxygens (including phenoxy) is 2. The number of nitrogens with one attached hydrogen (secondary N) is 1. The molecule has 1 atom stereocenters. The Hall–Kier alpha value is -3.81. The lowest BCUT2D eigenvalue weighted by molar-refractivity contribution is -0.144. The SMILES string of the molecule is C=CCOC(=O)N(C)CCCC(C)(NC(=O)OCC1c2ccccc2-c2ccccc21)C(=O)O. The van der Waals surface area contributed by atoms with Crippen molar-refractivity contribution < 1.29 is 29.0 Å². The van der Waals surface area contributed by atoms with E-state index in [1.807, 2.05) is 48.5 Å². The number of carboxylic acid groups (broad SMARTS) is 1. The number of nitrogens with zero attached hydrogens (tertiary/aromatic N) is 1. The standard InChI is InChI=1S/C26H30N2O6/c1-4-16-33-25(32)28(3)15-9-14-26(2,23(29)30)27-24(31)34-17-22-20-12-7-5-10-18(20)19-11-6-8-13-21(19)22/h4-8,10-13,22H,1,9,14-17H2,2-3H3,(H,27,31)(H,29,30). The highest BCUT2D eigenvalue weighted by Gasteiger charge is 2.36. The Balaban J connectivity index is 1.57. The van der Waals surface area contributed by atoms with Crippen molar-refractivity contribution in [3.8, 4) is 11.1 Å². The molecule has 180 valence electrons. The van der Waals surface area contributed by atoms with E-state index in [2.05, 4.69) is 11.9 Å². The molecule has 34 heavy (non-hydrogen) atoms. The molecule has 0 spiro atoms. The van der Waals surface area contributed by atoms with E-state index in [-0.39, 0.29) is 32.1 Å². The quantitative estimate of drug-likeness (QED) is 0.503. The van der Waals surface area contributed by atoms with Gasteiger partial charge in [-0.05, 0) is 42.0 Å². The van der Waals surface area contributed by atoms with Crippen LogP contribution in [0.2, 0.25) is 0 Å². The Morgan fingerprint density at radius 1 is 1.09 bits per heavy atom. The van der Waals surface area contributed by atoms with Gasteiger partial charge in [0.05, 0.1) is 0 Å². The molecule has 8 heteroatoms. The minimum absolute atomic E-state index is 0.0907. The predicted molar refractivity (Wildman–Crippen MR) is 128 cm³/mol. The number of carbonyl (C=O) groups is 3. The molecule has 1 aliphatic rings. The maximum atomic E-state index is 12.6. The maximum Gasteiger partial charge on any atom is 0.409 e. The second-order valence-corrected chi connectivity index (χ2v) is 8.48. The molecule has 3 rings (SSSR count). The molecule has 0 aromatic heterocycles. The number of carbonyl (C=O) groups excluding carboxylic acids is 2. The highest BCUT2D eigenvalue weighted by molar-refractivity contribution is 5.84. The van der Waals surface area contributed by atoms with E-state index in [1.165, 1.54) is 17.9 Å². The van der Waals surface area contributed by atoms with E-state index in [0.29, 0.717) is 6.42 Å². The molecule has 2 aromatic rings. The first-order valence-corrected chi connectivity index (χ1v) is 11.1. The average molecular weight is 467 g/mol. The Kier molecular flexibility index (Phi) is 7.94. The number of alkyl carbamates (subject to hydrolysis) is 1. The summed E-state index contributed by atoms with van der Waals surface area (Å²) in [4.78, 5) is 37.6. The van der Waals surface area contributed by atoms with Crippen LogP contribution in [0.1, 0.15) is 36.8 Å². The van der Waals surface area contributed by atoms with E-state index in [4.69, 9.17) is 9.47 Å². The van der Waals surface area contributed by atoms with Gasteiger partial charge in [-0.3, -0.25) is 0 Å². The van der Waals surface area contributed by atoms with Gasteiger partial charge >= 0.3 is 18.2 Å². The lowest BCUT2D eigenvalue weighted by atomic mass is 9.96. The number of benzene rings is 2. The first kappa shape index (κ1) is 24.8. The van der Waals surface area contributed by atoms with Crippen LogP contribution in [0.25, 0.3) is 11.1 Å². The summed E-state index contributed by atoms with van der Waals surface area (Å²) in [7, 11) is 1.56. The van der Waals surface area contributed by atoms with Gasteiger partial charge in [0.1, 0.15) is 18.8 Å². The molecule has 1 unspecified atom stereocenters. The predicted octanol–water partition coefficient (Wildman–Crippen LogP) is 4.40. The van der Waals surface area contributed by atoms with Crippen LogP contribution < -0.4 is 5.32 Å². The second kappa shape index (κ2) is 10.9. The molecule has 2 N–H and O–H groups in total. The van der Waals surface area contributed by atoms with Gasteiger partial charge < -0.3 is 24.8 Å². The number of rotatable bonds is 10. The van der Waals surface area contributed by atoms with Gasteiger partial charge in [0.25, 0.3) is 0 Å². The van der Waals surface area contributed by atoms with E-state index >= 15 is 0 Å². The number of carboxylic acids is 1. The fourth-order valence-corrected chi connectivity index (χ4v) is 4.08. The van der Waals surface area contributed by atoms with Gasteiger partial charge in [-0.25, -0.2) is 14.4 Å². The normalized spacial score (nSPS) is 13.7. The third kappa shape index (κ3) is 5.57. The summed E-state index contributed by atoms with van der Waals surface area (Å²) in [5.41, 5.74) is 2.82. The molecular formula is C26H30N2O6. The zero-order chi connectivity index (χ0) is 24.7. The van der Waals surface area contributed by atoms with E-state index in [9.17, 15) is 19.5 Å². The van der Waals surface area contributed by atoms with Gasteiger partial charge in [0, 0.05) is 19.5 Å². The molecule has 0 radical (unpaired) electrons. The molecule has 2 amide bonds. The molecule has 0 aliphatic heterocycles. The second-order valence-electron chi connectivity index (χ2n) is 8.48. The number of fused-ring (bicyclic) bond motifs is 3. The van der Waals surface area contributed by atoms with Crippen molar-refractivity contribution in [3.63, 3.8) is 0 Å². The minimum Gasteiger partial charge on any atom is -0.480 e. The van der Waals surface area contributed by atoms with Crippen LogP contribution in [-0.4, -0.2) is 60.5 Å². The molecule has 0 heterocycles. The van der Waals surface area contributed by atoms with Crippen LogP contribution in [-0.2, 0) is 14.3 Å². The first-order valence-electron chi connectivity index (χ1n) is 11.1. The summed E-state index contributed by atoms with van der Waals surface area (Å²) in [6.45, 7) is 5.36. The lowest BCUT2D eigenvalue weighted by Crippen LogP contribution is -2.52. The lowest BCUT2D eigenvalue weighted by Gasteiger charge is -2.27. The number of hydrogen-bond acceptors (Lipinski definition) is 5. The van der Waals surface area contributed by atoms with Crippen LogP contribution in [0.5, 0.6) is 0 Å². The molecule has 0 fully saturated rings. The van der Waals surface area contributed by atoms with E-state index < -0.39 is 23.7 Å². The van der Waals surface area contributed by atoms with E-state index in [1.54, 1.807) is 7.05 Å². The molecule has 8 nitrogen and oxygen atoms in total. The summed E-state index contributed by atoms with van der Waals surface area (Å²) in [6.07, 6.45) is 0.579. The Bertz CT molecular complexity index is 1020. The first-order chi connectivity index (χ1) is 16.3. The fourth-order valence-electron chi connectivity index (χ4n) is 4.08. The highest BCUT2D eigenvalue weighted by atomic mass is 16.6. The van der Waals surface area contributed by atoms with Crippen molar-refractivity contribution >= 4 is 18.2 Å². The van der Waals surface area contributed by atoms with Crippen LogP contribution in [0.3, 0.4) is 0 Å². The van der Waals surface area contributed by atoms with Gasteiger partial charge in [-0.15, -0.1) is 0 Å². The van der Waals surface area contributed by atoms with Crippen molar-refractivity contribution in [3.05, 3.63) is 72.3 Å². The highest BCUT2D eigenvalue weighted by Crippen LogP contribution is 2.44. The van der Waals surface area contributed by atoms with Gasteiger partial charge in [-0.1, -0.05) is 61.2 Å². The van der Waals surface area contributed by atoms with Crippen molar-refractivity contribution in [2.45, 2.75) is 31.2 Å². The van der Waals surface area contributed by atoms with Gasteiger partial charge in [-0.2, -0.15) is 0 Å². The molecule has 0 saturated heterocycles. The summed E-state index contributed by atoms with van der Waals surface area (Å²) in [6, 6.07) is 16.0. The Morgan fingerprint density at radius 2 is 1.68 bits per heavy atom. The van der Waals surface area contributed by atoms with Gasteiger partial charge in [0.2, 0.25) is 0 Å². The number of amides is 2. The summed E-state index contributed by atoms with van der Waals surface area (Å²) < 4.78 is 10.4. The molecular weight excluding hydrogens is 436 g/mol. The molecule has 0 saturated carbocycles. The topological polar surface area (TPSA) is 105 Å². The maximum absolute atomic E-state index is 12.6. The summed E-state index contributed by atoms with van der Waals surface area (Å²) >= 11 is 0. The molecule has 1 aliphatic carbocycles. The average Bonchev–Trinajstić information content (AvgIpc) is 3.14. The molecule has 0 bridgehead atoms. The Morgan fingerprint density at radius 3 is 2.24 bits per heavy atom. The van der Waals surface area contributed by atoms with Crippen molar-refractivity contribution in [1.29, 1.82) is 0 Å². The summed E-state index contributed by atoms with van der Waals surface area (Å²) in [5, 5.41) is 12.2. The zero-order valence-electron chi connectivity index (χ0n) is 19.5. The fraction of sp³-hybridized carbons (Fsp3) is 0.346. The van der Waals surface area contributed by atoms with Crippen molar-refractivity contribution in [2.75, 3.05) is 26.8 Å². The minimum atomic E-state index is -1.55. The third-order valence-corrected chi connectivity index (χ3v) is 6.00. The van der Waals surface area contributed by atoms with Gasteiger partial charge in [0.15, 0.2) is 0 Å². The van der Waals surface area contributed by atoms with Crippen LogP contribution in [0.4, 0.5) is 9.59 Å². The number of aliphatic carboxylic acids is 1. The zero-order valence-corrected chi connectivity index (χ0v) is 19.5. The van der Waals surface area contributed by atoms with Crippen LogP contribution in [0, 0.1) is 0 Å². The largest absolute Gasteiger partial charge is 0.480 e. The molecule has 2 aromatic carbocycles. The smallest absolute Gasteiger partial charge is 0.409 e. The van der Waals surface area contributed by atoms with Crippen molar-refractivity contribution in [1.82, 2.24) is 10.2 Å². The van der Waals surface area contributed by atoms with E-state index in [0.717, 1.165) is 22.3 Å². The monoisotopic (exact) mass is 466 g/mol. The van der Waals surface area contributed by atoms with Crippen LogP contribution in [0.15, 0.2) is 61.2 Å². The Labute approximate surface area is 199 Å². The van der Waals surface area contributed by atoms with Crippen LogP contribution >= 0.6 is 0 Å². The summed E-state index contributed by atoms with van der Waals surface area (Å²) in [5.74, 6) is -1.30.